The zero-order valence-electron chi connectivity index (χ0n) is 31.6. The van der Waals surface area contributed by atoms with E-state index in [9.17, 15) is 24.8 Å². The number of nitrogens with zero attached hydrogens (tertiary/aromatic N) is 4. The molecule has 3 rings (SSSR count). The van der Waals surface area contributed by atoms with Crippen LogP contribution >= 0.6 is 7.82 Å². The monoisotopic (exact) mass is 769 g/mol. The second-order valence-electron chi connectivity index (χ2n) is 13.5. The number of ether oxygens (including phenoxy) is 4. The summed E-state index contributed by atoms with van der Waals surface area (Å²) >= 11 is 0. The highest BCUT2D eigenvalue weighted by molar-refractivity contribution is 7.48. The van der Waals surface area contributed by atoms with Crippen LogP contribution in [-0.4, -0.2) is 88.6 Å². The van der Waals surface area contributed by atoms with E-state index in [2.05, 4.69) is 17.0 Å². The van der Waals surface area contributed by atoms with Crippen molar-refractivity contribution in [3.8, 4) is 6.07 Å². The lowest BCUT2D eigenvalue weighted by Crippen LogP contribution is -2.41. The van der Waals surface area contributed by atoms with Gasteiger partial charge in [0.05, 0.1) is 25.0 Å². The Balaban J connectivity index is 1.40. The van der Waals surface area contributed by atoms with Gasteiger partial charge in [-0.1, -0.05) is 90.4 Å². The predicted octanol–water partition coefficient (Wildman–Crippen LogP) is 6.72. The molecule has 1 aliphatic heterocycles. The molecule has 300 valence electrons. The van der Waals surface area contributed by atoms with Crippen LogP contribution in [0.2, 0.25) is 0 Å². The maximum Gasteiger partial charge on any atom is 0.510 e. The number of fused-ring (bicyclic) bond motifs is 1. The minimum absolute atomic E-state index is 0.0833. The number of carbonyl (C=O) groups is 1. The number of carbonyl (C=O) groups excluding carboxylic acids is 1. The van der Waals surface area contributed by atoms with Crippen molar-refractivity contribution in [1.82, 2.24) is 14.6 Å². The highest BCUT2D eigenvalue weighted by atomic mass is 31.2. The van der Waals surface area contributed by atoms with Gasteiger partial charge in [0.2, 0.25) is 12.4 Å². The van der Waals surface area contributed by atoms with Crippen LogP contribution in [0.25, 0.3) is 5.52 Å². The van der Waals surface area contributed by atoms with Gasteiger partial charge in [-0.05, 0) is 38.8 Å². The lowest BCUT2D eigenvalue weighted by atomic mass is 9.92. The maximum atomic E-state index is 13.6. The van der Waals surface area contributed by atoms with E-state index in [0.29, 0.717) is 25.2 Å². The molecule has 0 spiro atoms. The Morgan fingerprint density at radius 1 is 0.962 bits per heavy atom. The summed E-state index contributed by atoms with van der Waals surface area (Å²) in [4.78, 5) is 15.7. The Bertz CT molecular complexity index is 1440. The fourth-order valence-corrected chi connectivity index (χ4v) is 7.12. The molecule has 16 nitrogen and oxygen atoms in total. The van der Waals surface area contributed by atoms with Crippen molar-refractivity contribution in [2.45, 2.75) is 147 Å². The van der Waals surface area contributed by atoms with E-state index in [-0.39, 0.29) is 18.1 Å². The molecule has 4 N–H and O–H groups in total. The molecule has 0 saturated carbocycles. The van der Waals surface area contributed by atoms with Gasteiger partial charge in [0.1, 0.15) is 36.2 Å². The molecule has 0 aromatic carbocycles. The number of phosphoric acid groups is 1. The number of aromatic nitrogens is 3. The third kappa shape index (κ3) is 14.4. The molecular formula is C36H60N5O11P. The minimum Gasteiger partial charge on any atom is -0.432 e. The van der Waals surface area contributed by atoms with E-state index >= 15 is 0 Å². The van der Waals surface area contributed by atoms with E-state index in [1.54, 1.807) is 19.9 Å². The zero-order valence-corrected chi connectivity index (χ0v) is 32.5. The van der Waals surface area contributed by atoms with E-state index in [1.807, 2.05) is 6.07 Å². The smallest absolute Gasteiger partial charge is 0.432 e. The van der Waals surface area contributed by atoms with Crippen molar-refractivity contribution in [3.05, 3.63) is 24.2 Å². The summed E-state index contributed by atoms with van der Waals surface area (Å²) in [5, 5.41) is 36.1. The van der Waals surface area contributed by atoms with Crippen molar-refractivity contribution in [1.29, 1.82) is 5.26 Å². The van der Waals surface area contributed by atoms with Crippen LogP contribution in [0.5, 0.6) is 0 Å². The van der Waals surface area contributed by atoms with Gasteiger partial charge in [-0.15, -0.1) is 0 Å². The van der Waals surface area contributed by atoms with E-state index in [0.717, 1.165) is 12.8 Å². The molecule has 1 saturated heterocycles. The molecule has 0 bridgehead atoms. The first-order chi connectivity index (χ1) is 25.6. The van der Waals surface area contributed by atoms with Crippen LogP contribution in [0.3, 0.4) is 0 Å². The molecule has 0 unspecified atom stereocenters. The van der Waals surface area contributed by atoms with Crippen molar-refractivity contribution >= 4 is 25.3 Å². The Morgan fingerprint density at radius 3 is 2.21 bits per heavy atom. The van der Waals surface area contributed by atoms with Crippen LogP contribution in [0.15, 0.2) is 18.5 Å². The summed E-state index contributed by atoms with van der Waals surface area (Å²) in [6.45, 7) is 4.90. The van der Waals surface area contributed by atoms with Crippen molar-refractivity contribution in [2.24, 2.45) is 0 Å². The Kier molecular flexibility index (Phi) is 20.0. The summed E-state index contributed by atoms with van der Waals surface area (Å²) in [7, 11) is -4.44. The number of phosphoric ester groups is 1. The number of aliphatic hydroxyl groups is 2. The van der Waals surface area contributed by atoms with Crippen molar-refractivity contribution in [2.75, 3.05) is 39.0 Å². The number of nitrogens with two attached hydrogens (primary N) is 1. The highest BCUT2D eigenvalue weighted by Crippen LogP contribution is 2.51. The van der Waals surface area contributed by atoms with Gasteiger partial charge >= 0.3 is 14.0 Å². The van der Waals surface area contributed by atoms with Gasteiger partial charge in [-0.25, -0.2) is 23.4 Å². The lowest BCUT2D eigenvalue weighted by molar-refractivity contribution is -0.0692. The molecule has 53 heavy (non-hydrogen) atoms. The first kappa shape index (κ1) is 44.5. The molecule has 2 aromatic rings. The Labute approximate surface area is 313 Å². The number of unbranched alkanes of at least 4 members (excludes halogenated alkanes) is 13. The van der Waals surface area contributed by atoms with Crippen LogP contribution < -0.4 is 5.73 Å². The first-order valence-electron chi connectivity index (χ1n) is 19.1. The molecule has 2 aromatic heterocycles. The van der Waals surface area contributed by atoms with Crippen LogP contribution in [0, 0.1) is 11.3 Å². The highest BCUT2D eigenvalue weighted by Gasteiger charge is 2.58. The largest absolute Gasteiger partial charge is 0.510 e. The normalized spacial score (nSPS) is 21.2. The molecule has 1 aliphatic rings. The number of hydrogen-bond acceptors (Lipinski definition) is 15. The second-order valence-corrected chi connectivity index (χ2v) is 15.2. The van der Waals surface area contributed by atoms with Gasteiger partial charge in [0.15, 0.2) is 5.82 Å². The summed E-state index contributed by atoms with van der Waals surface area (Å²) < 4.78 is 52.3. The quantitative estimate of drug-likeness (QED) is 0.0354. The summed E-state index contributed by atoms with van der Waals surface area (Å²) in [5.41, 5.74) is 4.25. The fourth-order valence-electron chi connectivity index (χ4n) is 6.03. The van der Waals surface area contributed by atoms with Gasteiger partial charge in [-0.2, -0.15) is 10.4 Å². The van der Waals surface area contributed by atoms with E-state index < -0.39 is 57.4 Å². The maximum absolute atomic E-state index is 13.6. The molecule has 0 amide bonds. The summed E-state index contributed by atoms with van der Waals surface area (Å²) in [6, 6.07) is 4.93. The van der Waals surface area contributed by atoms with Gasteiger partial charge in [0.25, 0.3) is 0 Å². The lowest BCUT2D eigenvalue weighted by Gasteiger charge is -2.24. The molecule has 3 heterocycles. The van der Waals surface area contributed by atoms with Crippen LogP contribution in [0.1, 0.15) is 123 Å². The summed E-state index contributed by atoms with van der Waals surface area (Å²) in [5.74, 6) is 0.127. The first-order valence-corrected chi connectivity index (χ1v) is 20.5. The standard InChI is InChI=1S/C36H60N5O11P/c1-4-5-6-7-8-9-10-11-12-13-14-15-16-17-21-46-22-18-23-48-53(45,50-27-47-35(44)51-28(2)3)49-24-30-32(42)33(43)36(25-37,52-30)31-20-19-29-34(38)39-26-40-41(29)31/h19-20,26,28,30,32-33,42-43H,4-18,21-24,27H2,1-3H3,(H2,38,39,40)/t30-,32-,33-,36+,53+/m1/s1. The van der Waals surface area contributed by atoms with Crippen LogP contribution in [-0.2, 0) is 42.7 Å². The summed E-state index contributed by atoms with van der Waals surface area (Å²) in [6.07, 6.45) is 13.1. The molecule has 0 aliphatic carbocycles. The topological polar surface area (TPSA) is 219 Å². The molecule has 5 atom stereocenters. The third-order valence-corrected chi connectivity index (χ3v) is 10.3. The minimum atomic E-state index is -4.44. The Morgan fingerprint density at radius 2 is 1.58 bits per heavy atom. The number of hydrogen-bond donors (Lipinski definition) is 3. The number of anilines is 1. The predicted molar refractivity (Wildman–Crippen MR) is 195 cm³/mol. The zero-order chi connectivity index (χ0) is 38.5. The third-order valence-electron chi connectivity index (χ3n) is 8.93. The number of nitriles is 1. The number of nitrogen functional groups attached to an aromatic ring is 1. The average molecular weight is 770 g/mol. The van der Waals surface area contributed by atoms with E-state index in [4.69, 9.17) is 38.3 Å². The average Bonchev–Trinajstić information content (AvgIpc) is 3.68. The number of rotatable bonds is 28. The van der Waals surface area contributed by atoms with Crippen LogP contribution in [0.4, 0.5) is 10.6 Å². The van der Waals surface area contributed by atoms with Crippen molar-refractivity contribution < 1.29 is 52.1 Å². The Hall–Kier alpha value is -2.87. The SMILES string of the molecule is CCCCCCCCCCCCCCCCOCCCO[P@](=O)(OCOC(=O)OC(C)C)OC[C@H]1O[C@@](C#N)(c2ccc3c(N)ncnn23)[C@H](O)[C@@H]1O. The molecule has 0 radical (unpaired) electrons. The number of aliphatic hydroxyl groups excluding tert-OH is 2. The van der Waals surface area contributed by atoms with Crippen molar-refractivity contribution in [3.63, 3.8) is 0 Å². The van der Waals surface area contributed by atoms with Gasteiger partial charge in [0, 0.05) is 13.2 Å². The van der Waals surface area contributed by atoms with Gasteiger partial charge < -0.3 is 34.9 Å². The molecule has 17 heteroatoms. The molecular weight excluding hydrogens is 709 g/mol. The second kappa shape index (κ2) is 23.8. The van der Waals surface area contributed by atoms with E-state index in [1.165, 1.54) is 94.0 Å². The van der Waals surface area contributed by atoms with Gasteiger partial charge in [-0.3, -0.25) is 9.05 Å². The fraction of sp³-hybridized carbons (Fsp3) is 0.778. The molecule has 1 fully saturated rings.